The van der Waals surface area contributed by atoms with Crippen LogP contribution in [0.1, 0.15) is 46.8 Å². The summed E-state index contributed by atoms with van der Waals surface area (Å²) in [6.45, 7) is 1.96. The van der Waals surface area contributed by atoms with Crippen LogP contribution < -0.4 is 20.1 Å². The van der Waals surface area contributed by atoms with E-state index in [1.54, 1.807) is 35.5 Å². The maximum Gasteiger partial charge on any atom is 0.410 e. The van der Waals surface area contributed by atoms with Crippen LogP contribution in [-0.2, 0) is 16.1 Å². The molecular weight excluding hydrogens is 605 g/mol. The summed E-state index contributed by atoms with van der Waals surface area (Å²) in [5.41, 5.74) is 3.90. The molecule has 4 heterocycles. The zero-order valence-electron chi connectivity index (χ0n) is 26.0. The molecule has 1 unspecified atom stereocenters. The molecule has 0 bridgehead atoms. The monoisotopic (exact) mass is 641 g/mol. The van der Waals surface area contributed by atoms with Crippen LogP contribution in [0.15, 0.2) is 67.0 Å². The van der Waals surface area contributed by atoms with Crippen molar-refractivity contribution in [2.24, 2.45) is 5.92 Å². The van der Waals surface area contributed by atoms with Crippen LogP contribution in [0.2, 0.25) is 0 Å². The summed E-state index contributed by atoms with van der Waals surface area (Å²) in [6.07, 6.45) is 5.34. The molecule has 6 rings (SSSR count). The van der Waals surface area contributed by atoms with Crippen molar-refractivity contribution >= 4 is 29.7 Å². The van der Waals surface area contributed by atoms with Gasteiger partial charge in [-0.25, -0.2) is 9.18 Å². The summed E-state index contributed by atoms with van der Waals surface area (Å²) < 4.78 is 31.9. The standard InChI is InChI=1S/C35H36FN5O6/c1-45-33-26(36)10-5-11-27(33)39-32-29-30(24(9-6-16-42)17-38-34(29)43)40-31(32)25-12-14-37-18-28(25)46-21-23-13-15-41(19-23)35(44)47-20-22-7-3-2-4-8-22/h2-5,7-8,10-12,14,16,18,23-24,39-40H,6,9,13,15,17,19-21H2,1H3,(H,38,43)/t23-,24?/m1/s1. The molecule has 0 spiro atoms. The van der Waals surface area contributed by atoms with E-state index in [0.717, 1.165) is 18.3 Å². The number of nitrogens with zero attached hydrogens (tertiary/aromatic N) is 2. The number of aromatic amines is 1. The second kappa shape index (κ2) is 14.4. The number of amides is 2. The molecule has 2 amide bonds. The minimum absolute atomic E-state index is 0.00130. The van der Waals surface area contributed by atoms with Crippen LogP contribution in [0.5, 0.6) is 11.5 Å². The number of aldehydes is 1. The number of pyridine rings is 1. The Bertz CT molecular complexity index is 1750. The number of likely N-dealkylation sites (tertiary alicyclic amines) is 1. The van der Waals surface area contributed by atoms with Gasteiger partial charge in [-0.05, 0) is 36.6 Å². The predicted octanol–water partition coefficient (Wildman–Crippen LogP) is 5.81. The van der Waals surface area contributed by atoms with Gasteiger partial charge >= 0.3 is 6.09 Å². The van der Waals surface area contributed by atoms with E-state index in [2.05, 4.69) is 20.6 Å². The Balaban J connectivity index is 1.25. The van der Waals surface area contributed by atoms with Gasteiger partial charge in [-0.15, -0.1) is 0 Å². The van der Waals surface area contributed by atoms with Gasteiger partial charge < -0.3 is 39.5 Å². The Morgan fingerprint density at radius 2 is 2.02 bits per heavy atom. The summed E-state index contributed by atoms with van der Waals surface area (Å²) in [7, 11) is 1.38. The zero-order valence-corrected chi connectivity index (χ0v) is 26.0. The van der Waals surface area contributed by atoms with Crippen molar-refractivity contribution < 1.29 is 33.0 Å². The third-order valence-corrected chi connectivity index (χ3v) is 8.51. The fourth-order valence-electron chi connectivity index (χ4n) is 6.11. The van der Waals surface area contributed by atoms with E-state index in [1.807, 2.05) is 30.3 Å². The van der Waals surface area contributed by atoms with E-state index in [9.17, 15) is 18.8 Å². The van der Waals surface area contributed by atoms with E-state index in [1.165, 1.54) is 13.2 Å². The highest BCUT2D eigenvalue weighted by Gasteiger charge is 2.34. The highest BCUT2D eigenvalue weighted by Crippen LogP contribution is 2.44. The van der Waals surface area contributed by atoms with Crippen LogP contribution in [0.25, 0.3) is 11.3 Å². The summed E-state index contributed by atoms with van der Waals surface area (Å²) >= 11 is 0. The molecule has 2 aromatic heterocycles. The number of hydrogen-bond acceptors (Lipinski definition) is 8. The molecule has 0 radical (unpaired) electrons. The van der Waals surface area contributed by atoms with Crippen LogP contribution in [-0.4, -0.2) is 66.5 Å². The Labute approximate surface area is 271 Å². The lowest BCUT2D eigenvalue weighted by molar-refractivity contribution is -0.108. The summed E-state index contributed by atoms with van der Waals surface area (Å²) in [4.78, 5) is 46.7. The Kier molecular flexibility index (Phi) is 9.65. The van der Waals surface area contributed by atoms with Crippen LogP contribution in [0, 0.1) is 11.7 Å². The molecule has 2 aromatic carbocycles. The molecule has 2 aliphatic heterocycles. The summed E-state index contributed by atoms with van der Waals surface area (Å²) in [5, 5.41) is 6.18. The van der Waals surface area contributed by atoms with E-state index in [-0.39, 0.29) is 36.2 Å². The highest BCUT2D eigenvalue weighted by molar-refractivity contribution is 6.07. The molecule has 0 aliphatic carbocycles. The van der Waals surface area contributed by atoms with Gasteiger partial charge in [0.1, 0.15) is 18.6 Å². The predicted molar refractivity (Wildman–Crippen MR) is 172 cm³/mol. The van der Waals surface area contributed by atoms with Gasteiger partial charge in [0.15, 0.2) is 11.6 Å². The molecule has 2 atom stereocenters. The number of methoxy groups -OCH3 is 1. The van der Waals surface area contributed by atoms with Crippen molar-refractivity contribution in [2.75, 3.05) is 38.7 Å². The van der Waals surface area contributed by atoms with Gasteiger partial charge in [-0.2, -0.15) is 0 Å². The number of hydrogen-bond donors (Lipinski definition) is 3. The van der Waals surface area contributed by atoms with Crippen molar-refractivity contribution in [1.29, 1.82) is 0 Å². The summed E-state index contributed by atoms with van der Waals surface area (Å²) in [5.74, 6) is -0.467. The number of fused-ring (bicyclic) bond motifs is 1. The lowest BCUT2D eigenvalue weighted by atomic mass is 9.92. The zero-order chi connectivity index (χ0) is 32.8. The van der Waals surface area contributed by atoms with Crippen molar-refractivity contribution in [3.63, 3.8) is 0 Å². The van der Waals surface area contributed by atoms with Gasteiger partial charge in [0.2, 0.25) is 0 Å². The first-order valence-electron chi connectivity index (χ1n) is 15.6. The van der Waals surface area contributed by atoms with Crippen LogP contribution in [0.4, 0.5) is 20.6 Å². The maximum absolute atomic E-state index is 14.7. The first-order chi connectivity index (χ1) is 23.0. The highest BCUT2D eigenvalue weighted by atomic mass is 19.1. The third-order valence-electron chi connectivity index (χ3n) is 8.51. The number of carbonyl (C=O) groups is 3. The Morgan fingerprint density at radius 3 is 2.83 bits per heavy atom. The topological polar surface area (TPSA) is 135 Å². The van der Waals surface area contributed by atoms with Gasteiger partial charge in [-0.1, -0.05) is 36.4 Å². The largest absolute Gasteiger partial charge is 0.492 e. The minimum Gasteiger partial charge on any atom is -0.492 e. The molecule has 244 valence electrons. The number of ether oxygens (including phenoxy) is 3. The third kappa shape index (κ3) is 6.91. The number of aromatic nitrogens is 2. The number of benzene rings is 2. The van der Waals surface area contributed by atoms with E-state index in [4.69, 9.17) is 14.2 Å². The van der Waals surface area contributed by atoms with E-state index >= 15 is 0 Å². The van der Waals surface area contributed by atoms with Crippen LogP contribution >= 0.6 is 0 Å². The summed E-state index contributed by atoms with van der Waals surface area (Å²) in [6, 6.07) is 15.8. The first-order valence-corrected chi connectivity index (χ1v) is 15.6. The minimum atomic E-state index is -0.556. The average Bonchev–Trinajstić information content (AvgIpc) is 3.73. The van der Waals surface area contributed by atoms with Gasteiger partial charge in [0, 0.05) is 55.3 Å². The fraction of sp³-hybridized carbons (Fsp3) is 0.314. The van der Waals surface area contributed by atoms with Crippen molar-refractivity contribution in [2.45, 2.75) is 31.8 Å². The number of rotatable bonds is 12. The molecule has 4 aromatic rings. The first kappa shape index (κ1) is 31.6. The normalized spacial score (nSPS) is 17.1. The molecule has 11 nitrogen and oxygen atoms in total. The number of halogens is 1. The second-order valence-corrected chi connectivity index (χ2v) is 11.6. The van der Waals surface area contributed by atoms with E-state index in [0.29, 0.717) is 78.7 Å². The molecule has 2 aliphatic rings. The van der Waals surface area contributed by atoms with Gasteiger partial charge in [0.25, 0.3) is 5.91 Å². The van der Waals surface area contributed by atoms with Crippen LogP contribution in [0.3, 0.4) is 0 Å². The quantitative estimate of drug-likeness (QED) is 0.165. The molecule has 1 saturated heterocycles. The fourth-order valence-corrected chi connectivity index (χ4v) is 6.11. The Morgan fingerprint density at radius 1 is 1.17 bits per heavy atom. The molecule has 12 heteroatoms. The lowest BCUT2D eigenvalue weighted by Gasteiger charge is -2.23. The van der Waals surface area contributed by atoms with Crippen molar-refractivity contribution in [3.8, 4) is 22.8 Å². The van der Waals surface area contributed by atoms with Gasteiger partial charge in [-0.3, -0.25) is 9.78 Å². The molecule has 47 heavy (non-hydrogen) atoms. The van der Waals surface area contributed by atoms with Gasteiger partial charge in [0.05, 0.1) is 42.5 Å². The number of anilines is 2. The van der Waals surface area contributed by atoms with E-state index < -0.39 is 5.82 Å². The number of H-pyrrole nitrogens is 1. The second-order valence-electron chi connectivity index (χ2n) is 11.6. The molecular formula is C35H36FN5O6. The Hall–Kier alpha value is -5.39. The molecule has 1 fully saturated rings. The van der Waals surface area contributed by atoms with Crippen molar-refractivity contribution in [1.82, 2.24) is 20.2 Å². The smallest absolute Gasteiger partial charge is 0.410 e. The SMILES string of the molecule is COc1c(F)cccc1Nc1c(-c2ccncc2OC[C@@H]2CCN(C(=O)OCc3ccccc3)C2)[nH]c2c1C(=O)NCC2CCC=O. The number of para-hydroxylation sites is 1. The molecule has 3 N–H and O–H groups in total. The number of carbonyl (C=O) groups excluding carboxylic acids is 3. The number of nitrogens with one attached hydrogen (secondary N) is 3. The average molecular weight is 642 g/mol. The molecule has 0 saturated carbocycles. The van der Waals surface area contributed by atoms with Crippen molar-refractivity contribution in [3.05, 3.63) is 89.6 Å². The maximum atomic E-state index is 14.7. The lowest BCUT2D eigenvalue weighted by Crippen LogP contribution is -2.35.